The Morgan fingerprint density at radius 3 is 2.00 bits per heavy atom. The van der Waals surface area contributed by atoms with Gasteiger partial charge >= 0.3 is 0 Å². The number of hydrogen-bond acceptors (Lipinski definition) is 6. The van der Waals surface area contributed by atoms with E-state index >= 15 is 0 Å². The van der Waals surface area contributed by atoms with Gasteiger partial charge in [-0.25, -0.2) is 8.42 Å². The smallest absolute Gasteiger partial charge is 0.290 e. The molecule has 2 aromatic rings. The van der Waals surface area contributed by atoms with Crippen molar-refractivity contribution in [2.75, 3.05) is 0 Å². The molecule has 0 aliphatic carbocycles. The van der Waals surface area contributed by atoms with E-state index in [1.165, 1.54) is 24.3 Å². The first kappa shape index (κ1) is 17.5. The van der Waals surface area contributed by atoms with E-state index in [9.17, 15) is 18.0 Å². The third kappa shape index (κ3) is 4.41. The van der Waals surface area contributed by atoms with Crippen molar-refractivity contribution in [3.63, 3.8) is 0 Å². The monoisotopic (exact) mass is 395 g/mol. The van der Waals surface area contributed by atoms with Crippen LogP contribution in [0, 0.1) is 0 Å². The number of halogens is 1. The molecule has 25 heavy (non-hydrogen) atoms. The van der Waals surface area contributed by atoms with Crippen molar-refractivity contribution in [3.05, 3.63) is 59.0 Å². The van der Waals surface area contributed by atoms with Crippen LogP contribution in [-0.4, -0.2) is 19.6 Å². The largest absolute Gasteiger partial charge is 0.457 e. The quantitative estimate of drug-likeness (QED) is 0.626. The molecule has 2 aromatic carbocycles. The number of carbonyl (C=O) groups excluding carboxylic acids is 2. The second-order valence-corrected chi connectivity index (χ2v) is 8.51. The molecule has 1 fully saturated rings. The molecule has 1 saturated heterocycles. The molecule has 0 aromatic heterocycles. The molecule has 0 bridgehead atoms. The van der Waals surface area contributed by atoms with Gasteiger partial charge in [-0.2, -0.15) is 0 Å². The average molecular weight is 396 g/mol. The van der Waals surface area contributed by atoms with Crippen molar-refractivity contribution in [1.82, 2.24) is 5.32 Å². The summed E-state index contributed by atoms with van der Waals surface area (Å²) in [5.41, 5.74) is 0.739. The number of hydrogen-bond donors (Lipinski definition) is 1. The summed E-state index contributed by atoms with van der Waals surface area (Å²) in [7, 11) is 1.49. The standard InChI is InChI=1S/C16H10ClNO5S2/c17-25(21,22)13-7-5-12(6-8-13)23-11-3-1-10(2-4-11)9-14-15(19)18-16(20)24-14/h1-9H,(H,18,19,20)/b14-9+. The molecular formula is C16H10ClNO5S2. The molecule has 0 spiro atoms. The van der Waals surface area contributed by atoms with Crippen LogP contribution in [0.1, 0.15) is 5.56 Å². The lowest BCUT2D eigenvalue weighted by molar-refractivity contribution is -0.115. The molecule has 128 valence electrons. The lowest BCUT2D eigenvalue weighted by Crippen LogP contribution is -2.17. The number of benzene rings is 2. The van der Waals surface area contributed by atoms with Crippen LogP contribution in [0.15, 0.2) is 58.3 Å². The zero-order valence-electron chi connectivity index (χ0n) is 12.4. The third-order valence-electron chi connectivity index (χ3n) is 3.16. The van der Waals surface area contributed by atoms with Gasteiger partial charge in [0, 0.05) is 10.7 Å². The summed E-state index contributed by atoms with van der Waals surface area (Å²) in [5, 5.41) is 1.80. The Morgan fingerprint density at radius 1 is 0.960 bits per heavy atom. The highest BCUT2D eigenvalue weighted by Crippen LogP contribution is 2.27. The molecule has 3 rings (SSSR count). The van der Waals surface area contributed by atoms with Crippen LogP contribution in [0.25, 0.3) is 6.08 Å². The van der Waals surface area contributed by atoms with Gasteiger partial charge in [0.15, 0.2) is 0 Å². The van der Waals surface area contributed by atoms with Crippen molar-refractivity contribution in [2.24, 2.45) is 0 Å². The van der Waals surface area contributed by atoms with Gasteiger partial charge in [-0.3, -0.25) is 14.9 Å². The number of carbonyl (C=O) groups is 2. The summed E-state index contributed by atoms with van der Waals surface area (Å²) in [6, 6.07) is 12.5. The molecule has 1 aliphatic rings. The lowest BCUT2D eigenvalue weighted by Gasteiger charge is -2.06. The summed E-state index contributed by atoms with van der Waals surface area (Å²) in [5.74, 6) is 0.569. The van der Waals surface area contributed by atoms with Gasteiger partial charge in [0.1, 0.15) is 11.5 Å². The van der Waals surface area contributed by atoms with Gasteiger partial charge in [-0.1, -0.05) is 12.1 Å². The number of thioether (sulfide) groups is 1. The van der Waals surface area contributed by atoms with Crippen molar-refractivity contribution in [3.8, 4) is 11.5 Å². The molecule has 9 heteroatoms. The zero-order chi connectivity index (χ0) is 18.0. The van der Waals surface area contributed by atoms with Crippen molar-refractivity contribution in [2.45, 2.75) is 4.90 Å². The van der Waals surface area contributed by atoms with Gasteiger partial charge in [0.05, 0.1) is 9.80 Å². The summed E-state index contributed by atoms with van der Waals surface area (Å²) in [4.78, 5) is 22.9. The second-order valence-electron chi connectivity index (χ2n) is 4.93. The van der Waals surface area contributed by atoms with Crippen LogP contribution < -0.4 is 10.1 Å². The molecule has 6 nitrogen and oxygen atoms in total. The minimum absolute atomic E-state index is 0.00891. The molecule has 0 atom stereocenters. The minimum Gasteiger partial charge on any atom is -0.457 e. The SMILES string of the molecule is O=C1NC(=O)/C(=C\c2ccc(Oc3ccc(S(=O)(=O)Cl)cc3)cc2)S1. The van der Waals surface area contributed by atoms with E-state index in [4.69, 9.17) is 15.4 Å². The predicted octanol–water partition coefficient (Wildman–Crippen LogP) is 3.73. The predicted molar refractivity (Wildman–Crippen MR) is 95.1 cm³/mol. The molecule has 1 N–H and O–H groups in total. The minimum atomic E-state index is -3.77. The Morgan fingerprint density at radius 2 is 1.52 bits per heavy atom. The molecule has 1 aliphatic heterocycles. The number of ether oxygens (including phenoxy) is 1. The number of nitrogens with one attached hydrogen (secondary N) is 1. The van der Waals surface area contributed by atoms with Crippen molar-refractivity contribution >= 4 is 48.7 Å². The molecular weight excluding hydrogens is 386 g/mol. The van der Waals surface area contributed by atoms with Gasteiger partial charge < -0.3 is 4.74 Å². The fraction of sp³-hybridized carbons (Fsp3) is 0. The Balaban J connectivity index is 1.72. The van der Waals surface area contributed by atoms with E-state index in [0.29, 0.717) is 16.4 Å². The highest BCUT2D eigenvalue weighted by atomic mass is 35.7. The van der Waals surface area contributed by atoms with Crippen LogP contribution in [-0.2, 0) is 13.8 Å². The Labute approximate surface area is 152 Å². The van der Waals surface area contributed by atoms with Gasteiger partial charge in [-0.05, 0) is 59.8 Å². The first-order valence-electron chi connectivity index (χ1n) is 6.89. The fourth-order valence-electron chi connectivity index (χ4n) is 2.01. The zero-order valence-corrected chi connectivity index (χ0v) is 14.8. The fourth-order valence-corrected chi connectivity index (χ4v) is 3.46. The number of imide groups is 1. The summed E-state index contributed by atoms with van der Waals surface area (Å²) >= 11 is 0.849. The average Bonchev–Trinajstić information content (AvgIpc) is 2.86. The van der Waals surface area contributed by atoms with E-state index in [0.717, 1.165) is 17.3 Å². The van der Waals surface area contributed by atoms with E-state index in [-0.39, 0.29) is 4.90 Å². The van der Waals surface area contributed by atoms with Crippen LogP contribution in [0.2, 0.25) is 0 Å². The first-order chi connectivity index (χ1) is 11.8. The van der Waals surface area contributed by atoms with Gasteiger partial charge in [-0.15, -0.1) is 0 Å². The third-order valence-corrected chi connectivity index (χ3v) is 5.34. The maximum atomic E-state index is 11.5. The molecule has 2 amide bonds. The Bertz CT molecular complexity index is 967. The van der Waals surface area contributed by atoms with Crippen LogP contribution in [0.4, 0.5) is 4.79 Å². The maximum Gasteiger partial charge on any atom is 0.290 e. The maximum absolute atomic E-state index is 11.5. The van der Waals surface area contributed by atoms with Crippen LogP contribution in [0.3, 0.4) is 0 Å². The van der Waals surface area contributed by atoms with Crippen molar-refractivity contribution < 1.29 is 22.7 Å². The number of rotatable bonds is 4. The Kier molecular flexibility index (Phi) is 4.85. The highest BCUT2D eigenvalue weighted by molar-refractivity contribution is 8.18. The second kappa shape index (κ2) is 6.91. The van der Waals surface area contributed by atoms with Gasteiger partial charge in [0.2, 0.25) is 0 Å². The molecule has 0 unspecified atom stereocenters. The number of amides is 2. The summed E-state index contributed by atoms with van der Waals surface area (Å²) in [6.07, 6.45) is 1.61. The normalized spacial score (nSPS) is 16.1. The summed E-state index contributed by atoms with van der Waals surface area (Å²) in [6.45, 7) is 0. The lowest BCUT2D eigenvalue weighted by atomic mass is 10.2. The van der Waals surface area contributed by atoms with E-state index < -0.39 is 20.2 Å². The first-order valence-corrected chi connectivity index (χ1v) is 10.0. The van der Waals surface area contributed by atoms with E-state index in [1.54, 1.807) is 30.3 Å². The molecule has 0 saturated carbocycles. The topological polar surface area (TPSA) is 89.5 Å². The van der Waals surface area contributed by atoms with Crippen LogP contribution in [0.5, 0.6) is 11.5 Å². The van der Waals surface area contributed by atoms with Crippen LogP contribution >= 0.6 is 22.4 Å². The van der Waals surface area contributed by atoms with E-state index in [1.807, 2.05) is 0 Å². The Hall–Kier alpha value is -2.29. The van der Waals surface area contributed by atoms with Gasteiger partial charge in [0.25, 0.3) is 20.2 Å². The molecule has 1 heterocycles. The van der Waals surface area contributed by atoms with Crippen molar-refractivity contribution in [1.29, 1.82) is 0 Å². The highest BCUT2D eigenvalue weighted by Gasteiger charge is 2.24. The summed E-state index contributed by atoms with van der Waals surface area (Å²) < 4.78 is 28.0. The molecule has 0 radical (unpaired) electrons. The van der Waals surface area contributed by atoms with E-state index in [2.05, 4.69) is 5.32 Å².